The summed E-state index contributed by atoms with van der Waals surface area (Å²) in [6, 6.07) is 12.8. The number of aromatic nitrogens is 1. The van der Waals surface area contributed by atoms with Crippen molar-refractivity contribution in [2.24, 2.45) is 5.41 Å². The number of alkyl halides is 3. The molecule has 3 aromatic carbocycles. The number of halogens is 5. The summed E-state index contributed by atoms with van der Waals surface area (Å²) in [6.07, 6.45) is -1.75. The van der Waals surface area contributed by atoms with Gasteiger partial charge < -0.3 is 35.2 Å². The lowest BCUT2D eigenvalue weighted by Crippen LogP contribution is -2.52. The summed E-state index contributed by atoms with van der Waals surface area (Å²) in [6.45, 7) is 6.99. The Morgan fingerprint density at radius 1 is 1.03 bits per heavy atom. The number of hydrogen-bond donors (Lipinski definition) is 4. The van der Waals surface area contributed by atoms with E-state index in [0.717, 1.165) is 6.07 Å². The monoisotopic (exact) mass is 959 g/mol. The molecule has 19 heteroatoms. The fraction of sp³-hybridized carbons (Fsp3) is 0.429. The van der Waals surface area contributed by atoms with Crippen molar-refractivity contribution in [3.8, 4) is 11.5 Å². The van der Waals surface area contributed by atoms with E-state index >= 15 is 4.39 Å². The number of benzene rings is 3. The molecule has 5 aliphatic rings. The van der Waals surface area contributed by atoms with Crippen LogP contribution in [0.4, 0.5) is 28.9 Å². The highest BCUT2D eigenvalue weighted by atomic mass is 35.5. The van der Waals surface area contributed by atoms with E-state index < -0.39 is 59.0 Å². The maximum atomic E-state index is 16.3. The normalized spacial score (nSPS) is 24.7. The molecular weight excluding hydrogens is 910 g/mol. The number of carbonyl (C=O) groups excluding carboxylic acids is 5. The standard InChI is InChI=1S/C49H50ClF4N7O7/c1-47(2,3)20-38-48(24-56-34-19-37(49(52,53)54)55-21-31(34)48)40(30-8-5-9-32(50)41(30)51)42(58-38)44(64)57-33-13-10-25(18-36(33)67-4)45(65)60-16-6-7-28(23-60)68-27-11-12-29-26(17-27)22-61(46(29)66)35-14-15-39(62)59-43(35)63/h5,8-13,17-19,21,28,35,38,40,42,56,58H,6-7,14-16,20,22-24H2,1-4H3,(H,57,64)(H,59,62,63)/t28-,35?,38-,40-,42+,48-/m0/s1. The average molecular weight is 960 g/mol. The fourth-order valence-corrected chi connectivity index (χ4v) is 10.9. The number of anilines is 2. The van der Waals surface area contributed by atoms with Crippen molar-refractivity contribution < 1.29 is 51.0 Å². The zero-order valence-electron chi connectivity index (χ0n) is 37.7. The Labute approximate surface area is 394 Å². The number of piperidine rings is 2. The zero-order chi connectivity index (χ0) is 48.4. The van der Waals surface area contributed by atoms with Gasteiger partial charge in [0.15, 0.2) is 0 Å². The molecule has 358 valence electrons. The molecule has 0 radical (unpaired) electrons. The molecule has 68 heavy (non-hydrogen) atoms. The average Bonchev–Trinajstić information content (AvgIpc) is 3.94. The van der Waals surface area contributed by atoms with E-state index in [1.165, 1.54) is 36.4 Å². The second-order valence-electron chi connectivity index (χ2n) is 19.3. The van der Waals surface area contributed by atoms with Gasteiger partial charge in [-0.25, -0.2) is 4.39 Å². The number of nitrogens with zero attached hydrogens (tertiary/aromatic N) is 3. The summed E-state index contributed by atoms with van der Waals surface area (Å²) >= 11 is 6.36. The van der Waals surface area contributed by atoms with Crippen LogP contribution in [0.3, 0.4) is 0 Å². The number of likely N-dealkylation sites (tertiary alicyclic amines) is 1. The summed E-state index contributed by atoms with van der Waals surface area (Å²) in [7, 11) is 1.40. The first-order valence-corrected chi connectivity index (χ1v) is 22.9. The highest BCUT2D eigenvalue weighted by Gasteiger charge is 2.62. The largest absolute Gasteiger partial charge is 0.495 e. The summed E-state index contributed by atoms with van der Waals surface area (Å²) in [5.41, 5.74) is -0.226. The van der Waals surface area contributed by atoms with Crippen molar-refractivity contribution >= 4 is 52.5 Å². The summed E-state index contributed by atoms with van der Waals surface area (Å²) in [5, 5.41) is 11.7. The van der Waals surface area contributed by atoms with Gasteiger partial charge in [0.1, 0.15) is 35.2 Å². The molecule has 5 aliphatic heterocycles. The topological polar surface area (TPSA) is 171 Å². The number of hydrogen-bond acceptors (Lipinski definition) is 10. The number of rotatable bonds is 9. The highest BCUT2D eigenvalue weighted by Crippen LogP contribution is 2.57. The van der Waals surface area contributed by atoms with Crippen LogP contribution in [0, 0.1) is 11.2 Å². The van der Waals surface area contributed by atoms with Crippen LogP contribution in [0.15, 0.2) is 66.9 Å². The fourth-order valence-electron chi connectivity index (χ4n) is 10.7. The number of fused-ring (bicyclic) bond motifs is 3. The van der Waals surface area contributed by atoms with Gasteiger partial charge in [-0.3, -0.25) is 34.3 Å². The molecule has 6 atom stereocenters. The summed E-state index contributed by atoms with van der Waals surface area (Å²) in [4.78, 5) is 73.2. The molecule has 6 heterocycles. The first kappa shape index (κ1) is 46.8. The number of imide groups is 1. The second kappa shape index (κ2) is 17.7. The predicted octanol–water partition coefficient (Wildman–Crippen LogP) is 7.21. The minimum Gasteiger partial charge on any atom is -0.495 e. The molecule has 0 aliphatic carbocycles. The van der Waals surface area contributed by atoms with Crippen LogP contribution >= 0.6 is 11.6 Å². The van der Waals surface area contributed by atoms with Crippen LogP contribution in [0.2, 0.25) is 5.02 Å². The van der Waals surface area contributed by atoms with Gasteiger partial charge in [-0.2, -0.15) is 13.2 Å². The van der Waals surface area contributed by atoms with Crippen LogP contribution in [-0.2, 0) is 32.5 Å². The maximum Gasteiger partial charge on any atom is 0.433 e. The van der Waals surface area contributed by atoms with Gasteiger partial charge >= 0.3 is 6.18 Å². The molecule has 3 fully saturated rings. The minimum absolute atomic E-state index is 0.0710. The third-order valence-electron chi connectivity index (χ3n) is 13.7. The lowest BCUT2D eigenvalue weighted by atomic mass is 9.63. The first-order chi connectivity index (χ1) is 32.2. The van der Waals surface area contributed by atoms with E-state index in [9.17, 15) is 37.1 Å². The molecular formula is C49H50ClF4N7O7. The van der Waals surface area contributed by atoms with E-state index in [1.54, 1.807) is 41.3 Å². The number of ether oxygens (including phenoxy) is 2. The van der Waals surface area contributed by atoms with Gasteiger partial charge in [-0.15, -0.1) is 0 Å². The van der Waals surface area contributed by atoms with Crippen molar-refractivity contribution in [3.05, 3.63) is 111 Å². The van der Waals surface area contributed by atoms with E-state index in [4.69, 9.17) is 21.1 Å². The van der Waals surface area contributed by atoms with Crippen LogP contribution in [0.5, 0.6) is 11.5 Å². The zero-order valence-corrected chi connectivity index (χ0v) is 38.4. The molecule has 4 N–H and O–H groups in total. The highest BCUT2D eigenvalue weighted by molar-refractivity contribution is 6.30. The van der Waals surface area contributed by atoms with Crippen LogP contribution in [-0.4, -0.2) is 95.3 Å². The quantitative estimate of drug-likeness (QED) is 0.0994. The van der Waals surface area contributed by atoms with Gasteiger partial charge in [0.05, 0.1) is 30.4 Å². The molecule has 5 amide bonds. The van der Waals surface area contributed by atoms with Crippen molar-refractivity contribution in [1.29, 1.82) is 0 Å². The minimum atomic E-state index is -4.71. The lowest BCUT2D eigenvalue weighted by molar-refractivity contribution is -0.141. The molecule has 3 saturated heterocycles. The molecule has 9 rings (SSSR count). The molecule has 4 aromatic rings. The third kappa shape index (κ3) is 8.61. The molecule has 14 nitrogen and oxygen atoms in total. The number of carbonyl (C=O) groups is 5. The molecule has 0 bridgehead atoms. The Hall–Kier alpha value is -6.27. The van der Waals surface area contributed by atoms with E-state index in [0.29, 0.717) is 48.2 Å². The molecule has 1 spiro atoms. The van der Waals surface area contributed by atoms with Gasteiger partial charge in [0.2, 0.25) is 17.7 Å². The van der Waals surface area contributed by atoms with Gasteiger partial charge in [0.25, 0.3) is 11.8 Å². The van der Waals surface area contributed by atoms with Gasteiger partial charge in [-0.05, 0) is 90.8 Å². The third-order valence-corrected chi connectivity index (χ3v) is 14.0. The molecule has 1 aromatic heterocycles. The Kier molecular flexibility index (Phi) is 12.2. The van der Waals surface area contributed by atoms with Crippen LogP contribution in [0.25, 0.3) is 0 Å². The Morgan fingerprint density at radius 3 is 2.56 bits per heavy atom. The van der Waals surface area contributed by atoms with Gasteiger partial charge in [-0.1, -0.05) is 44.5 Å². The van der Waals surface area contributed by atoms with E-state index in [-0.39, 0.29) is 95.0 Å². The Morgan fingerprint density at radius 2 is 1.82 bits per heavy atom. The number of amides is 5. The van der Waals surface area contributed by atoms with Crippen LogP contribution in [0.1, 0.15) is 102 Å². The molecule has 0 saturated carbocycles. The van der Waals surface area contributed by atoms with Crippen molar-refractivity contribution in [3.63, 3.8) is 0 Å². The van der Waals surface area contributed by atoms with Gasteiger partial charge in [0, 0.05) is 72.0 Å². The van der Waals surface area contributed by atoms with E-state index in [1.807, 2.05) is 20.8 Å². The smallest absolute Gasteiger partial charge is 0.433 e. The Balaban J connectivity index is 0.935. The second-order valence-corrected chi connectivity index (χ2v) is 19.8. The number of methoxy groups -OCH3 is 1. The Bertz CT molecular complexity index is 2730. The first-order valence-electron chi connectivity index (χ1n) is 22.5. The number of nitrogens with one attached hydrogen (secondary N) is 4. The van der Waals surface area contributed by atoms with Crippen LogP contribution < -0.4 is 30.7 Å². The SMILES string of the molecule is COc1cc(C(=O)N2CCC[C@H](Oc3ccc4c(c3)CN(C3CCC(=O)NC3=O)C4=O)C2)ccc1NC(=O)[C@@H]1N[C@@H](CC(C)(C)C)[C@@]2(CNc3cc(C(F)(F)F)ncc32)[C@H]1c1cccc(Cl)c1F. The summed E-state index contributed by atoms with van der Waals surface area (Å²) < 4.78 is 70.0. The van der Waals surface area contributed by atoms with Crippen molar-refractivity contribution in [1.82, 2.24) is 25.4 Å². The summed E-state index contributed by atoms with van der Waals surface area (Å²) in [5.74, 6) is -3.08. The maximum absolute atomic E-state index is 16.3. The predicted molar refractivity (Wildman–Crippen MR) is 242 cm³/mol. The van der Waals surface area contributed by atoms with Crippen molar-refractivity contribution in [2.45, 2.75) is 101 Å². The van der Waals surface area contributed by atoms with E-state index in [2.05, 4.69) is 26.3 Å². The number of pyridine rings is 1. The van der Waals surface area contributed by atoms with Crippen molar-refractivity contribution in [2.75, 3.05) is 37.4 Å². The lowest BCUT2D eigenvalue weighted by Gasteiger charge is -2.39. The molecule has 1 unspecified atom stereocenters.